The Morgan fingerprint density at radius 1 is 1.47 bits per heavy atom. The van der Waals surface area contributed by atoms with E-state index in [1.165, 1.54) is 0 Å². The molecular formula is C10H21NO4. The molecule has 5 heteroatoms. The maximum absolute atomic E-state index is 10.4. The highest BCUT2D eigenvalue weighted by atomic mass is 16.5. The third kappa shape index (κ3) is 6.43. The average molecular weight is 219 g/mol. The van der Waals surface area contributed by atoms with Gasteiger partial charge in [0.2, 0.25) is 0 Å². The van der Waals surface area contributed by atoms with Crippen molar-refractivity contribution in [2.45, 2.75) is 31.4 Å². The fourth-order valence-corrected chi connectivity index (χ4v) is 1.49. The van der Waals surface area contributed by atoms with Crippen LogP contribution in [0, 0.1) is 0 Å². The van der Waals surface area contributed by atoms with Crippen LogP contribution in [0.1, 0.15) is 19.3 Å². The second-order valence-electron chi connectivity index (χ2n) is 3.41. The second-order valence-corrected chi connectivity index (χ2v) is 3.41. The van der Waals surface area contributed by atoms with E-state index in [9.17, 15) is 4.79 Å². The van der Waals surface area contributed by atoms with Crippen molar-refractivity contribution in [1.82, 2.24) is 5.32 Å². The minimum Gasteiger partial charge on any atom is -0.481 e. The molecule has 0 aliphatic rings. The van der Waals surface area contributed by atoms with Crippen LogP contribution in [0.3, 0.4) is 0 Å². The maximum atomic E-state index is 10.4. The Balaban J connectivity index is 3.91. The summed E-state index contributed by atoms with van der Waals surface area (Å²) in [4.78, 5) is 10.4. The smallest absolute Gasteiger partial charge is 0.303 e. The van der Waals surface area contributed by atoms with E-state index in [0.29, 0.717) is 13.0 Å². The molecule has 0 rings (SSSR count). The van der Waals surface area contributed by atoms with Crippen LogP contribution < -0.4 is 5.32 Å². The van der Waals surface area contributed by atoms with E-state index in [2.05, 4.69) is 5.32 Å². The zero-order valence-corrected chi connectivity index (χ0v) is 9.66. The minimum absolute atomic E-state index is 0.00528. The Bertz CT molecular complexity index is 175. The SMILES string of the molecule is CNC(COC)[C@@H](CCCC(=O)O)OC. The van der Waals surface area contributed by atoms with Crippen LogP contribution >= 0.6 is 0 Å². The molecule has 5 nitrogen and oxygen atoms in total. The highest BCUT2D eigenvalue weighted by Crippen LogP contribution is 2.09. The van der Waals surface area contributed by atoms with Gasteiger partial charge in [-0.1, -0.05) is 0 Å². The van der Waals surface area contributed by atoms with Crippen LogP contribution in [0.2, 0.25) is 0 Å². The number of likely N-dealkylation sites (N-methyl/N-ethyl adjacent to an activating group) is 1. The van der Waals surface area contributed by atoms with Gasteiger partial charge in [-0.25, -0.2) is 0 Å². The molecule has 0 saturated heterocycles. The third-order valence-corrected chi connectivity index (χ3v) is 2.35. The molecule has 0 spiro atoms. The van der Waals surface area contributed by atoms with E-state index in [0.717, 1.165) is 6.42 Å². The predicted molar refractivity (Wildman–Crippen MR) is 57.0 cm³/mol. The Hall–Kier alpha value is -0.650. The number of aliphatic carboxylic acids is 1. The van der Waals surface area contributed by atoms with Crippen LogP contribution in [0.15, 0.2) is 0 Å². The van der Waals surface area contributed by atoms with Gasteiger partial charge < -0.3 is 19.9 Å². The summed E-state index contributed by atoms with van der Waals surface area (Å²) < 4.78 is 10.3. The number of methoxy groups -OCH3 is 2. The zero-order chi connectivity index (χ0) is 11.7. The summed E-state index contributed by atoms with van der Waals surface area (Å²) in [6.07, 6.45) is 1.52. The molecule has 0 bridgehead atoms. The van der Waals surface area contributed by atoms with Crippen LogP contribution in [-0.2, 0) is 14.3 Å². The lowest BCUT2D eigenvalue weighted by Crippen LogP contribution is -2.42. The Morgan fingerprint density at radius 3 is 2.53 bits per heavy atom. The largest absolute Gasteiger partial charge is 0.481 e. The first-order valence-corrected chi connectivity index (χ1v) is 5.06. The van der Waals surface area contributed by atoms with Gasteiger partial charge in [-0.05, 0) is 19.9 Å². The lowest BCUT2D eigenvalue weighted by atomic mass is 10.1. The highest BCUT2D eigenvalue weighted by molar-refractivity contribution is 5.66. The molecule has 0 aliphatic heterocycles. The van der Waals surface area contributed by atoms with Crippen molar-refractivity contribution in [1.29, 1.82) is 0 Å². The van der Waals surface area contributed by atoms with Crippen molar-refractivity contribution in [3.8, 4) is 0 Å². The molecule has 0 fully saturated rings. The van der Waals surface area contributed by atoms with Gasteiger partial charge in [-0.15, -0.1) is 0 Å². The standard InChI is InChI=1S/C10H21NO4/c1-11-8(7-14-2)9(15-3)5-4-6-10(12)13/h8-9,11H,4-7H2,1-3H3,(H,12,13)/t8?,9-/m1/s1. The topological polar surface area (TPSA) is 67.8 Å². The molecule has 0 aliphatic carbocycles. The van der Waals surface area contributed by atoms with Gasteiger partial charge in [0, 0.05) is 20.6 Å². The quantitative estimate of drug-likeness (QED) is 0.590. The Labute approximate surface area is 90.8 Å². The van der Waals surface area contributed by atoms with Crippen molar-refractivity contribution in [2.24, 2.45) is 0 Å². The van der Waals surface area contributed by atoms with Gasteiger partial charge in [0.25, 0.3) is 0 Å². The molecule has 0 saturated carbocycles. The number of hydrogen-bond donors (Lipinski definition) is 2. The first-order valence-electron chi connectivity index (χ1n) is 5.06. The molecule has 15 heavy (non-hydrogen) atoms. The zero-order valence-electron chi connectivity index (χ0n) is 9.66. The summed E-state index contributed by atoms with van der Waals surface area (Å²) in [5.41, 5.74) is 0. The van der Waals surface area contributed by atoms with Crippen LogP contribution in [0.4, 0.5) is 0 Å². The summed E-state index contributed by atoms with van der Waals surface area (Å²) >= 11 is 0. The normalized spacial score (nSPS) is 14.9. The third-order valence-electron chi connectivity index (χ3n) is 2.35. The first-order chi connectivity index (χ1) is 7.15. The molecule has 2 N–H and O–H groups in total. The summed E-state index contributed by atoms with van der Waals surface area (Å²) in [6.45, 7) is 0.558. The first kappa shape index (κ1) is 14.3. The average Bonchev–Trinajstić information content (AvgIpc) is 2.21. The van der Waals surface area contributed by atoms with Crippen LogP contribution in [0.5, 0.6) is 0 Å². The molecule has 0 aromatic carbocycles. The fourth-order valence-electron chi connectivity index (χ4n) is 1.49. The molecule has 0 aromatic heterocycles. The van der Waals surface area contributed by atoms with E-state index >= 15 is 0 Å². The summed E-state index contributed by atoms with van der Waals surface area (Å²) in [5.74, 6) is -0.766. The summed E-state index contributed by atoms with van der Waals surface area (Å²) in [5, 5.41) is 11.6. The Kier molecular flexibility index (Phi) is 8.27. The number of carbonyl (C=O) groups is 1. The molecule has 0 amide bonds. The van der Waals surface area contributed by atoms with E-state index in [1.807, 2.05) is 7.05 Å². The van der Waals surface area contributed by atoms with Gasteiger partial charge in [-0.3, -0.25) is 4.79 Å². The molecular weight excluding hydrogens is 198 g/mol. The fraction of sp³-hybridized carbons (Fsp3) is 0.900. The van der Waals surface area contributed by atoms with Gasteiger partial charge in [0.15, 0.2) is 0 Å². The summed E-state index contributed by atoms with van der Waals surface area (Å²) in [6, 6.07) is 0.105. The van der Waals surface area contributed by atoms with Gasteiger partial charge in [0.1, 0.15) is 0 Å². The van der Waals surface area contributed by atoms with Gasteiger partial charge >= 0.3 is 5.97 Å². The van der Waals surface area contributed by atoms with Crippen molar-refractivity contribution in [3.05, 3.63) is 0 Å². The summed E-state index contributed by atoms with van der Waals surface area (Å²) in [7, 11) is 5.10. The molecule has 0 aromatic rings. The highest BCUT2D eigenvalue weighted by Gasteiger charge is 2.19. The van der Waals surface area contributed by atoms with Crippen LogP contribution in [0.25, 0.3) is 0 Å². The lowest BCUT2D eigenvalue weighted by molar-refractivity contribution is -0.137. The van der Waals surface area contributed by atoms with E-state index in [4.69, 9.17) is 14.6 Å². The van der Waals surface area contributed by atoms with Crippen molar-refractivity contribution >= 4 is 5.97 Å². The molecule has 90 valence electrons. The van der Waals surface area contributed by atoms with Crippen molar-refractivity contribution in [3.63, 3.8) is 0 Å². The molecule has 2 atom stereocenters. The number of carboxylic acids is 1. The second kappa shape index (κ2) is 8.64. The molecule has 0 heterocycles. The maximum Gasteiger partial charge on any atom is 0.303 e. The molecule has 0 radical (unpaired) electrons. The van der Waals surface area contributed by atoms with Crippen molar-refractivity contribution < 1.29 is 19.4 Å². The Morgan fingerprint density at radius 2 is 2.13 bits per heavy atom. The monoisotopic (exact) mass is 219 g/mol. The lowest BCUT2D eigenvalue weighted by Gasteiger charge is -2.24. The van der Waals surface area contributed by atoms with Gasteiger partial charge in [-0.2, -0.15) is 0 Å². The number of rotatable bonds is 9. The van der Waals surface area contributed by atoms with Gasteiger partial charge in [0.05, 0.1) is 18.8 Å². The number of nitrogens with one attached hydrogen (secondary N) is 1. The van der Waals surface area contributed by atoms with E-state index in [1.54, 1.807) is 14.2 Å². The number of hydrogen-bond acceptors (Lipinski definition) is 4. The minimum atomic E-state index is -0.766. The van der Waals surface area contributed by atoms with Crippen molar-refractivity contribution in [2.75, 3.05) is 27.9 Å². The van der Waals surface area contributed by atoms with E-state index < -0.39 is 5.97 Å². The molecule has 1 unspecified atom stereocenters. The number of ether oxygens (including phenoxy) is 2. The predicted octanol–water partition coefficient (Wildman–Crippen LogP) is 0.491. The number of carboxylic acid groups (broad SMARTS) is 1. The van der Waals surface area contributed by atoms with Crippen LogP contribution in [-0.4, -0.2) is 51.1 Å². The van der Waals surface area contributed by atoms with E-state index in [-0.39, 0.29) is 18.6 Å².